The van der Waals surface area contributed by atoms with E-state index in [-0.39, 0.29) is 5.91 Å². The Morgan fingerprint density at radius 2 is 2.21 bits per heavy atom. The van der Waals surface area contributed by atoms with Crippen molar-refractivity contribution in [3.8, 4) is 0 Å². The highest BCUT2D eigenvalue weighted by molar-refractivity contribution is 6.02. The molecule has 0 spiro atoms. The molecule has 5 heteroatoms. The predicted molar refractivity (Wildman–Crippen MR) is 76.4 cm³/mol. The fourth-order valence-corrected chi connectivity index (χ4v) is 2.26. The topological polar surface area (TPSA) is 67.6 Å². The van der Waals surface area contributed by atoms with Crippen molar-refractivity contribution in [2.75, 3.05) is 36.5 Å². The van der Waals surface area contributed by atoms with Crippen LogP contribution in [0.5, 0.6) is 0 Å². The zero-order valence-corrected chi connectivity index (χ0v) is 11.5. The maximum absolute atomic E-state index is 11.5. The van der Waals surface area contributed by atoms with Gasteiger partial charge >= 0.3 is 0 Å². The van der Waals surface area contributed by atoms with Crippen LogP contribution in [0.1, 0.15) is 25.5 Å². The average Bonchev–Trinajstić information content (AvgIpc) is 2.70. The molecular formula is C14H21N3O2. The molecule has 1 aliphatic rings. The summed E-state index contributed by atoms with van der Waals surface area (Å²) in [6.45, 7) is 7.25. The molecule has 5 nitrogen and oxygen atoms in total. The number of anilines is 2. The zero-order valence-electron chi connectivity index (χ0n) is 11.5. The van der Waals surface area contributed by atoms with Crippen molar-refractivity contribution < 1.29 is 9.53 Å². The van der Waals surface area contributed by atoms with Gasteiger partial charge in [-0.2, -0.15) is 0 Å². The molecule has 1 aromatic rings. The Balaban J connectivity index is 2.13. The first kappa shape index (κ1) is 13.8. The van der Waals surface area contributed by atoms with Crippen molar-refractivity contribution in [1.29, 1.82) is 0 Å². The number of carbonyl (C=O) groups is 1. The van der Waals surface area contributed by atoms with E-state index in [1.807, 2.05) is 25.1 Å². The second-order valence-electron chi connectivity index (χ2n) is 4.52. The molecule has 19 heavy (non-hydrogen) atoms. The van der Waals surface area contributed by atoms with Gasteiger partial charge < -0.3 is 20.7 Å². The summed E-state index contributed by atoms with van der Waals surface area (Å²) >= 11 is 0. The molecule has 1 aliphatic heterocycles. The largest absolute Gasteiger partial charge is 0.380 e. The van der Waals surface area contributed by atoms with E-state index in [9.17, 15) is 4.79 Å². The lowest BCUT2D eigenvalue weighted by atomic mass is 10.1. The number of nitrogens with one attached hydrogen (secondary N) is 1. The number of amides is 1. The number of fused-ring (bicyclic) bond motifs is 1. The highest BCUT2D eigenvalue weighted by Gasteiger charge is 2.27. The Morgan fingerprint density at radius 3 is 2.89 bits per heavy atom. The number of nitrogens with zero attached hydrogens (tertiary/aromatic N) is 1. The number of benzene rings is 1. The van der Waals surface area contributed by atoms with E-state index in [0.29, 0.717) is 6.61 Å². The highest BCUT2D eigenvalue weighted by atomic mass is 16.5. The summed E-state index contributed by atoms with van der Waals surface area (Å²) in [4.78, 5) is 13.7. The quantitative estimate of drug-likeness (QED) is 0.763. The van der Waals surface area contributed by atoms with Gasteiger partial charge in [0.2, 0.25) is 5.91 Å². The first-order valence-corrected chi connectivity index (χ1v) is 6.70. The van der Waals surface area contributed by atoms with Crippen LogP contribution < -0.4 is 16.0 Å². The van der Waals surface area contributed by atoms with E-state index in [2.05, 4.69) is 17.1 Å². The van der Waals surface area contributed by atoms with Crippen molar-refractivity contribution >= 4 is 17.3 Å². The second-order valence-corrected chi connectivity index (χ2v) is 4.52. The lowest BCUT2D eigenvalue weighted by molar-refractivity contribution is -0.116. The van der Waals surface area contributed by atoms with Gasteiger partial charge in [0.1, 0.15) is 6.04 Å². The second kappa shape index (κ2) is 6.04. The zero-order chi connectivity index (χ0) is 13.8. The summed E-state index contributed by atoms with van der Waals surface area (Å²) in [6, 6.07) is 5.38. The molecule has 0 aliphatic carbocycles. The molecule has 0 fully saturated rings. The number of ether oxygens (including phenoxy) is 1. The molecule has 1 unspecified atom stereocenters. The van der Waals surface area contributed by atoms with Gasteiger partial charge in [-0.1, -0.05) is 6.07 Å². The maximum Gasteiger partial charge on any atom is 0.245 e. The number of carbonyl (C=O) groups excluding carboxylic acids is 1. The molecule has 0 saturated carbocycles. The minimum atomic E-state index is -0.539. The lowest BCUT2D eigenvalue weighted by Crippen LogP contribution is -2.27. The van der Waals surface area contributed by atoms with Gasteiger partial charge in [0.05, 0.1) is 6.61 Å². The molecule has 0 radical (unpaired) electrons. The van der Waals surface area contributed by atoms with Crippen LogP contribution in [0.2, 0.25) is 0 Å². The van der Waals surface area contributed by atoms with Crippen LogP contribution in [-0.4, -0.2) is 32.2 Å². The van der Waals surface area contributed by atoms with Crippen LogP contribution in [0, 0.1) is 0 Å². The number of hydrogen-bond acceptors (Lipinski definition) is 4. The first-order valence-electron chi connectivity index (χ1n) is 6.70. The standard InChI is InChI=1S/C14H21N3O2/c1-3-17(7-8-19-4-2)10-5-6-11-12(9-10)16-14(18)13(11)15/h5-6,9,13H,3-4,7-8,15H2,1-2H3,(H,16,18). The Kier molecular flexibility index (Phi) is 4.39. The molecule has 1 atom stereocenters. The van der Waals surface area contributed by atoms with E-state index in [4.69, 9.17) is 10.5 Å². The van der Waals surface area contributed by atoms with Crippen LogP contribution in [-0.2, 0) is 9.53 Å². The van der Waals surface area contributed by atoms with Gasteiger partial charge in [-0.25, -0.2) is 0 Å². The molecule has 0 aromatic heterocycles. The van der Waals surface area contributed by atoms with E-state index < -0.39 is 6.04 Å². The van der Waals surface area contributed by atoms with Gasteiger partial charge in [-0.05, 0) is 26.0 Å². The SMILES string of the molecule is CCOCCN(CC)c1ccc2c(c1)NC(=O)C2N. The van der Waals surface area contributed by atoms with Crippen LogP contribution in [0.25, 0.3) is 0 Å². The Hall–Kier alpha value is -1.59. The van der Waals surface area contributed by atoms with Crippen molar-refractivity contribution in [3.05, 3.63) is 23.8 Å². The predicted octanol–water partition coefficient (Wildman–Crippen LogP) is 1.50. The number of nitrogens with two attached hydrogens (primary N) is 1. The summed E-state index contributed by atoms with van der Waals surface area (Å²) < 4.78 is 5.38. The minimum absolute atomic E-state index is 0.135. The summed E-state index contributed by atoms with van der Waals surface area (Å²) in [7, 11) is 0. The average molecular weight is 263 g/mol. The molecule has 1 heterocycles. The number of rotatable bonds is 6. The molecule has 0 bridgehead atoms. The van der Waals surface area contributed by atoms with E-state index >= 15 is 0 Å². The molecule has 1 aromatic carbocycles. The van der Waals surface area contributed by atoms with Crippen molar-refractivity contribution in [1.82, 2.24) is 0 Å². The Bertz CT molecular complexity index is 462. The molecule has 104 valence electrons. The number of hydrogen-bond donors (Lipinski definition) is 2. The van der Waals surface area contributed by atoms with Crippen LogP contribution in [0.3, 0.4) is 0 Å². The van der Waals surface area contributed by atoms with Gasteiger partial charge in [-0.3, -0.25) is 4.79 Å². The smallest absolute Gasteiger partial charge is 0.245 e. The third-order valence-electron chi connectivity index (χ3n) is 3.37. The molecule has 2 rings (SSSR count). The fourth-order valence-electron chi connectivity index (χ4n) is 2.26. The molecular weight excluding hydrogens is 242 g/mol. The third kappa shape index (κ3) is 2.88. The highest BCUT2D eigenvalue weighted by Crippen LogP contribution is 2.32. The van der Waals surface area contributed by atoms with Crippen LogP contribution in [0.15, 0.2) is 18.2 Å². The summed E-state index contributed by atoms with van der Waals surface area (Å²) in [6.07, 6.45) is 0. The normalized spacial score (nSPS) is 17.2. The van der Waals surface area contributed by atoms with Gasteiger partial charge in [0, 0.05) is 36.6 Å². The van der Waals surface area contributed by atoms with Crippen molar-refractivity contribution in [2.45, 2.75) is 19.9 Å². The minimum Gasteiger partial charge on any atom is -0.380 e. The van der Waals surface area contributed by atoms with E-state index in [1.54, 1.807) is 0 Å². The third-order valence-corrected chi connectivity index (χ3v) is 3.37. The molecule has 0 saturated heterocycles. The van der Waals surface area contributed by atoms with Gasteiger partial charge in [0.25, 0.3) is 0 Å². The Morgan fingerprint density at radius 1 is 1.42 bits per heavy atom. The molecule has 3 N–H and O–H groups in total. The van der Waals surface area contributed by atoms with Gasteiger partial charge in [0.15, 0.2) is 0 Å². The summed E-state index contributed by atoms with van der Waals surface area (Å²) in [5.74, 6) is -0.135. The Labute approximate surface area is 113 Å². The maximum atomic E-state index is 11.5. The first-order chi connectivity index (χ1) is 9.17. The van der Waals surface area contributed by atoms with Crippen LogP contribution >= 0.6 is 0 Å². The van der Waals surface area contributed by atoms with E-state index in [0.717, 1.165) is 36.6 Å². The molecule has 1 amide bonds. The van der Waals surface area contributed by atoms with Crippen molar-refractivity contribution in [2.24, 2.45) is 5.73 Å². The summed E-state index contributed by atoms with van der Waals surface area (Å²) in [5, 5.41) is 2.81. The van der Waals surface area contributed by atoms with Crippen molar-refractivity contribution in [3.63, 3.8) is 0 Å². The monoisotopic (exact) mass is 263 g/mol. The van der Waals surface area contributed by atoms with Crippen LogP contribution in [0.4, 0.5) is 11.4 Å². The summed E-state index contributed by atoms with van der Waals surface area (Å²) in [5.41, 5.74) is 8.57. The fraction of sp³-hybridized carbons (Fsp3) is 0.500. The van der Waals surface area contributed by atoms with E-state index in [1.165, 1.54) is 0 Å². The lowest BCUT2D eigenvalue weighted by Gasteiger charge is -2.23. The van der Waals surface area contributed by atoms with Gasteiger partial charge in [-0.15, -0.1) is 0 Å². The number of likely N-dealkylation sites (N-methyl/N-ethyl adjacent to an activating group) is 1.